The van der Waals surface area contributed by atoms with E-state index in [1.807, 2.05) is 35.9 Å². The number of likely N-dealkylation sites (N-methyl/N-ethyl adjacent to an activating group) is 1. The van der Waals surface area contributed by atoms with E-state index >= 15 is 0 Å². The average molecular weight is 539 g/mol. The molecule has 1 unspecified atom stereocenters. The first kappa shape index (κ1) is 28.9. The Morgan fingerprint density at radius 2 is 2.03 bits per heavy atom. The summed E-state index contributed by atoms with van der Waals surface area (Å²) in [6.45, 7) is 5.85. The van der Waals surface area contributed by atoms with Crippen molar-refractivity contribution in [1.29, 1.82) is 0 Å². The minimum absolute atomic E-state index is 0.0633. The average Bonchev–Trinajstić information content (AvgIpc) is 3.35. The Bertz CT molecular complexity index is 1260. The lowest BCUT2D eigenvalue weighted by Gasteiger charge is -2.29. The van der Waals surface area contributed by atoms with E-state index in [9.17, 15) is 13.6 Å². The predicted octanol–water partition coefficient (Wildman–Crippen LogP) is 4.44. The van der Waals surface area contributed by atoms with E-state index in [2.05, 4.69) is 52.9 Å². The van der Waals surface area contributed by atoms with Crippen LogP contribution < -0.4 is 16.0 Å². The summed E-state index contributed by atoms with van der Waals surface area (Å²) in [4.78, 5) is 19.8. The molecule has 1 amide bonds. The van der Waals surface area contributed by atoms with Crippen molar-refractivity contribution in [2.45, 2.75) is 70.6 Å². The first-order chi connectivity index (χ1) is 18.7. The number of aryl methyl sites for hydroxylation is 1. The van der Waals surface area contributed by atoms with Crippen molar-refractivity contribution in [3.63, 3.8) is 0 Å². The van der Waals surface area contributed by atoms with Gasteiger partial charge in [0.05, 0.1) is 17.9 Å². The number of amides is 1. The number of aromatic nitrogens is 2. The zero-order valence-corrected chi connectivity index (χ0v) is 23.3. The number of para-hydroxylation sites is 1. The van der Waals surface area contributed by atoms with Crippen LogP contribution in [0.1, 0.15) is 49.8 Å². The van der Waals surface area contributed by atoms with Crippen molar-refractivity contribution in [2.24, 2.45) is 0 Å². The highest BCUT2D eigenvalue weighted by molar-refractivity contribution is 5.94. The molecule has 3 atom stereocenters. The number of nitrogens with zero attached hydrogens (tertiary/aromatic N) is 3. The number of halogens is 2. The van der Waals surface area contributed by atoms with Gasteiger partial charge in [-0.05, 0) is 75.5 Å². The van der Waals surface area contributed by atoms with Gasteiger partial charge < -0.3 is 25.4 Å². The number of carbonyl (C=O) groups excluding carboxylic acids is 1. The summed E-state index contributed by atoms with van der Waals surface area (Å²) in [5.74, 6) is -0.749. The Hall–Kier alpha value is -3.14. The van der Waals surface area contributed by atoms with E-state index in [1.54, 1.807) is 6.33 Å². The highest BCUT2D eigenvalue weighted by Gasteiger charge is 2.27. The SMILES string of the molecule is CCC[C@@H](N[C@H]1CCc2cc(F)cc(F)c2C1)C(=O)Nc1cn(-c2ccccc2CNC(C)CN(C)C)cn1. The molecule has 0 fully saturated rings. The second kappa shape index (κ2) is 13.3. The van der Waals surface area contributed by atoms with Crippen LogP contribution in [-0.4, -0.2) is 59.1 Å². The summed E-state index contributed by atoms with van der Waals surface area (Å²) >= 11 is 0. The van der Waals surface area contributed by atoms with Gasteiger partial charge in [0.15, 0.2) is 5.82 Å². The van der Waals surface area contributed by atoms with Crippen molar-refractivity contribution in [2.75, 3.05) is 26.0 Å². The van der Waals surface area contributed by atoms with E-state index in [-0.39, 0.29) is 11.9 Å². The molecule has 3 N–H and O–H groups in total. The molecule has 210 valence electrons. The smallest absolute Gasteiger partial charge is 0.242 e. The summed E-state index contributed by atoms with van der Waals surface area (Å²) in [7, 11) is 4.12. The molecule has 7 nitrogen and oxygen atoms in total. The molecule has 1 aromatic heterocycles. The summed E-state index contributed by atoms with van der Waals surface area (Å²) < 4.78 is 29.9. The normalized spacial score (nSPS) is 16.6. The van der Waals surface area contributed by atoms with Crippen LogP contribution in [0.5, 0.6) is 0 Å². The van der Waals surface area contributed by atoms with Gasteiger partial charge in [-0.1, -0.05) is 31.5 Å². The summed E-state index contributed by atoms with van der Waals surface area (Å²) in [5.41, 5.74) is 3.39. The fourth-order valence-electron chi connectivity index (χ4n) is 5.33. The van der Waals surface area contributed by atoms with Crippen molar-refractivity contribution >= 4 is 11.7 Å². The maximum atomic E-state index is 14.4. The number of carbonyl (C=O) groups is 1. The second-order valence-electron chi connectivity index (χ2n) is 10.8. The molecule has 0 radical (unpaired) electrons. The molecule has 39 heavy (non-hydrogen) atoms. The van der Waals surface area contributed by atoms with Gasteiger partial charge in [0, 0.05) is 31.2 Å². The summed E-state index contributed by atoms with van der Waals surface area (Å²) in [6.07, 6.45) is 6.71. The monoisotopic (exact) mass is 538 g/mol. The first-order valence-electron chi connectivity index (χ1n) is 13.8. The van der Waals surface area contributed by atoms with E-state index in [4.69, 9.17) is 0 Å². The molecule has 3 aromatic rings. The third-order valence-electron chi connectivity index (χ3n) is 7.18. The summed E-state index contributed by atoms with van der Waals surface area (Å²) in [6, 6.07) is 10.3. The Labute approximate surface area is 230 Å². The molecule has 2 aromatic carbocycles. The molecule has 1 aliphatic rings. The molecular weight excluding hydrogens is 498 g/mol. The predicted molar refractivity (Wildman–Crippen MR) is 151 cm³/mol. The maximum Gasteiger partial charge on any atom is 0.242 e. The molecule has 4 rings (SSSR count). The van der Waals surface area contributed by atoms with Gasteiger partial charge in [-0.2, -0.15) is 0 Å². The minimum atomic E-state index is -0.543. The van der Waals surface area contributed by atoms with Gasteiger partial charge in [0.25, 0.3) is 0 Å². The Morgan fingerprint density at radius 1 is 1.23 bits per heavy atom. The third-order valence-corrected chi connectivity index (χ3v) is 7.18. The topological polar surface area (TPSA) is 74.2 Å². The quantitative estimate of drug-likeness (QED) is 0.318. The number of hydrogen-bond acceptors (Lipinski definition) is 5. The number of imidazole rings is 1. The summed E-state index contributed by atoms with van der Waals surface area (Å²) in [5, 5.41) is 9.95. The molecule has 0 saturated carbocycles. The van der Waals surface area contributed by atoms with Gasteiger partial charge in [0.1, 0.15) is 18.0 Å². The lowest BCUT2D eigenvalue weighted by molar-refractivity contribution is -0.118. The Morgan fingerprint density at radius 3 is 2.79 bits per heavy atom. The van der Waals surface area contributed by atoms with Crippen molar-refractivity contribution in [1.82, 2.24) is 25.1 Å². The van der Waals surface area contributed by atoms with Gasteiger partial charge in [-0.25, -0.2) is 13.8 Å². The van der Waals surface area contributed by atoms with E-state index in [0.29, 0.717) is 43.2 Å². The van der Waals surface area contributed by atoms with Crippen molar-refractivity contribution < 1.29 is 13.6 Å². The number of fused-ring (bicyclic) bond motifs is 1. The molecule has 9 heteroatoms. The van der Waals surface area contributed by atoms with Crippen LogP contribution in [-0.2, 0) is 24.2 Å². The van der Waals surface area contributed by atoms with E-state index < -0.39 is 17.7 Å². The fourth-order valence-corrected chi connectivity index (χ4v) is 5.33. The first-order valence-corrected chi connectivity index (χ1v) is 13.8. The van der Waals surface area contributed by atoms with E-state index in [1.165, 1.54) is 6.07 Å². The van der Waals surface area contributed by atoms with E-state index in [0.717, 1.165) is 42.3 Å². The van der Waals surface area contributed by atoms with Gasteiger partial charge in [-0.15, -0.1) is 0 Å². The zero-order chi connectivity index (χ0) is 27.9. The van der Waals surface area contributed by atoms with Gasteiger partial charge >= 0.3 is 0 Å². The van der Waals surface area contributed by atoms with Crippen molar-refractivity contribution in [3.05, 3.63) is 77.2 Å². The largest absolute Gasteiger partial charge is 0.309 e. The number of hydrogen-bond donors (Lipinski definition) is 3. The standard InChI is InChI=1S/C30H40F2N6O/c1-5-8-27(35-24-12-11-21-13-23(31)14-26(32)25(21)15-24)30(39)36-29-18-38(19-34-29)28-10-7-6-9-22(28)16-33-20(2)17-37(3)4/h6-7,9-10,13-14,18-20,24,27,33,35H,5,8,11-12,15-17H2,1-4H3,(H,36,39)/t20?,24-,27+/m0/s1. The lowest BCUT2D eigenvalue weighted by atomic mass is 9.87. The number of benzene rings is 2. The molecular formula is C30H40F2N6O. The van der Waals surface area contributed by atoms with Crippen LogP contribution in [0.2, 0.25) is 0 Å². The minimum Gasteiger partial charge on any atom is -0.309 e. The lowest BCUT2D eigenvalue weighted by Crippen LogP contribution is -2.48. The zero-order valence-electron chi connectivity index (χ0n) is 23.3. The highest BCUT2D eigenvalue weighted by atomic mass is 19.1. The van der Waals surface area contributed by atoms with Crippen LogP contribution in [0.3, 0.4) is 0 Å². The maximum absolute atomic E-state index is 14.4. The van der Waals surface area contributed by atoms with Crippen LogP contribution in [0.15, 0.2) is 48.9 Å². The van der Waals surface area contributed by atoms with Crippen LogP contribution in [0, 0.1) is 11.6 Å². The fraction of sp³-hybridized carbons (Fsp3) is 0.467. The molecule has 0 bridgehead atoms. The van der Waals surface area contributed by atoms with Crippen LogP contribution in [0.25, 0.3) is 5.69 Å². The van der Waals surface area contributed by atoms with Gasteiger partial charge in [-0.3, -0.25) is 4.79 Å². The third kappa shape index (κ3) is 7.71. The molecule has 0 saturated heterocycles. The molecule has 1 aliphatic carbocycles. The molecule has 0 spiro atoms. The Balaban J connectivity index is 1.40. The second-order valence-corrected chi connectivity index (χ2v) is 10.8. The highest BCUT2D eigenvalue weighted by Crippen LogP contribution is 2.26. The van der Waals surface area contributed by atoms with Crippen LogP contribution in [0.4, 0.5) is 14.6 Å². The van der Waals surface area contributed by atoms with Crippen molar-refractivity contribution in [3.8, 4) is 5.69 Å². The Kier molecular flexibility index (Phi) is 9.83. The molecule has 0 aliphatic heterocycles. The van der Waals surface area contributed by atoms with Crippen LogP contribution >= 0.6 is 0 Å². The molecule has 1 heterocycles. The number of rotatable bonds is 12. The number of anilines is 1. The van der Waals surface area contributed by atoms with Gasteiger partial charge in [0.2, 0.25) is 5.91 Å². The number of nitrogens with one attached hydrogen (secondary N) is 3.